The van der Waals surface area contributed by atoms with Crippen LogP contribution in [-0.2, 0) is 4.74 Å². The molecule has 1 saturated heterocycles. The third-order valence-corrected chi connectivity index (χ3v) is 5.78. The minimum atomic E-state index is -0.518. The number of methoxy groups -OCH3 is 1. The number of likely N-dealkylation sites (tertiary alicyclic amines) is 1. The lowest BCUT2D eigenvalue weighted by Crippen LogP contribution is -2.30. The Hall–Kier alpha value is -3.00. The molecule has 0 unspecified atom stereocenters. The van der Waals surface area contributed by atoms with Gasteiger partial charge in [-0.2, -0.15) is 0 Å². The quantitative estimate of drug-likeness (QED) is 0.621. The summed E-state index contributed by atoms with van der Waals surface area (Å²) >= 11 is 1.57. The maximum absolute atomic E-state index is 13.3. The summed E-state index contributed by atoms with van der Waals surface area (Å²) in [5.74, 6) is -0.321. The highest BCUT2D eigenvalue weighted by atomic mass is 32.1. The number of ether oxygens (including phenoxy) is 1. The molecular formula is C20H19N3O4S. The van der Waals surface area contributed by atoms with Crippen molar-refractivity contribution in [1.82, 2.24) is 14.9 Å². The molecule has 0 radical (unpaired) electrons. The van der Waals surface area contributed by atoms with Crippen LogP contribution >= 0.6 is 11.3 Å². The van der Waals surface area contributed by atoms with Gasteiger partial charge in [0.15, 0.2) is 0 Å². The number of benzene rings is 1. The number of aromatic nitrogens is 2. The fraction of sp³-hybridized carbons (Fsp3) is 0.300. The van der Waals surface area contributed by atoms with Crippen molar-refractivity contribution in [3.8, 4) is 11.5 Å². The first kappa shape index (κ1) is 18.4. The number of rotatable bonds is 4. The number of aryl methyl sites for hydroxylation is 1. The molecule has 0 bridgehead atoms. The number of hydrogen-bond acceptors (Lipinski definition) is 7. The molecular weight excluding hydrogens is 378 g/mol. The monoisotopic (exact) mass is 397 g/mol. The number of amides is 1. The summed E-state index contributed by atoms with van der Waals surface area (Å²) in [5.41, 5.74) is 2.19. The minimum Gasteiger partial charge on any atom is -0.465 e. The number of esters is 1. The first-order chi connectivity index (χ1) is 13.6. The van der Waals surface area contributed by atoms with Crippen LogP contribution in [0.4, 0.5) is 0 Å². The summed E-state index contributed by atoms with van der Waals surface area (Å²) in [5, 5.41) is 2.94. The van der Waals surface area contributed by atoms with Gasteiger partial charge in [0.25, 0.3) is 5.91 Å². The molecule has 2 aromatic heterocycles. The summed E-state index contributed by atoms with van der Waals surface area (Å²) in [4.78, 5) is 35.9. The average molecular weight is 397 g/mol. The first-order valence-corrected chi connectivity index (χ1v) is 9.81. The van der Waals surface area contributed by atoms with Gasteiger partial charge >= 0.3 is 5.97 Å². The maximum Gasteiger partial charge on any atom is 0.337 e. The fourth-order valence-electron chi connectivity index (χ4n) is 3.43. The van der Waals surface area contributed by atoms with Crippen LogP contribution in [0.15, 0.2) is 40.5 Å². The Labute approximate surface area is 166 Å². The molecule has 0 N–H and O–H groups in total. The molecule has 1 aliphatic heterocycles. The predicted molar refractivity (Wildman–Crippen MR) is 103 cm³/mol. The molecule has 0 saturated carbocycles. The molecule has 1 fully saturated rings. The smallest absolute Gasteiger partial charge is 0.337 e. The second-order valence-electron chi connectivity index (χ2n) is 6.61. The van der Waals surface area contributed by atoms with Gasteiger partial charge < -0.3 is 14.1 Å². The number of nitrogens with zero attached hydrogens (tertiary/aromatic N) is 3. The van der Waals surface area contributed by atoms with E-state index < -0.39 is 5.97 Å². The van der Waals surface area contributed by atoms with E-state index in [9.17, 15) is 9.59 Å². The summed E-state index contributed by atoms with van der Waals surface area (Å²) in [6.07, 6.45) is 4.76. The van der Waals surface area contributed by atoms with Gasteiger partial charge in [-0.3, -0.25) is 4.79 Å². The van der Waals surface area contributed by atoms with E-state index in [1.807, 2.05) is 17.2 Å². The van der Waals surface area contributed by atoms with Crippen LogP contribution in [0.3, 0.4) is 0 Å². The van der Waals surface area contributed by atoms with E-state index in [0.29, 0.717) is 23.6 Å². The Kier molecular flexibility index (Phi) is 4.95. The number of carbonyl (C=O) groups excluding carboxylic acids is 2. The largest absolute Gasteiger partial charge is 0.465 e. The molecule has 4 rings (SSSR count). The van der Waals surface area contributed by atoms with Crippen molar-refractivity contribution in [3.05, 3.63) is 57.9 Å². The SMILES string of the molecule is COC(=O)c1cc(C(=O)N2CCC[C@@H]2c2nc(C)cs2)cc(-c2ncco2)c1. The van der Waals surface area contributed by atoms with E-state index in [4.69, 9.17) is 9.15 Å². The third-order valence-electron chi connectivity index (χ3n) is 4.72. The normalized spacial score (nSPS) is 16.4. The molecule has 3 heterocycles. The number of oxazole rings is 1. The second-order valence-corrected chi connectivity index (χ2v) is 7.50. The molecule has 1 aliphatic rings. The van der Waals surface area contributed by atoms with Crippen LogP contribution in [0.2, 0.25) is 0 Å². The van der Waals surface area contributed by atoms with Crippen LogP contribution in [0.1, 0.15) is 50.3 Å². The minimum absolute atomic E-state index is 0.0434. The van der Waals surface area contributed by atoms with Gasteiger partial charge in [-0.1, -0.05) is 0 Å². The lowest BCUT2D eigenvalue weighted by molar-refractivity contribution is 0.0600. The highest BCUT2D eigenvalue weighted by Crippen LogP contribution is 2.35. The highest BCUT2D eigenvalue weighted by molar-refractivity contribution is 7.09. The van der Waals surface area contributed by atoms with Crippen molar-refractivity contribution < 1.29 is 18.7 Å². The van der Waals surface area contributed by atoms with Gasteiger partial charge in [-0.15, -0.1) is 11.3 Å². The van der Waals surface area contributed by atoms with Gasteiger partial charge in [0, 0.05) is 28.7 Å². The Morgan fingerprint density at radius 3 is 2.79 bits per heavy atom. The molecule has 1 aromatic carbocycles. The lowest BCUT2D eigenvalue weighted by Gasteiger charge is -2.23. The van der Waals surface area contributed by atoms with Crippen LogP contribution in [0.5, 0.6) is 0 Å². The summed E-state index contributed by atoms with van der Waals surface area (Å²) in [7, 11) is 1.31. The summed E-state index contributed by atoms with van der Waals surface area (Å²) in [6, 6.07) is 4.82. The van der Waals surface area contributed by atoms with E-state index in [0.717, 1.165) is 23.5 Å². The van der Waals surface area contributed by atoms with Crippen molar-refractivity contribution in [1.29, 1.82) is 0 Å². The topological polar surface area (TPSA) is 85.5 Å². The van der Waals surface area contributed by atoms with Crippen molar-refractivity contribution in [3.63, 3.8) is 0 Å². The zero-order chi connectivity index (χ0) is 19.7. The van der Waals surface area contributed by atoms with Crippen molar-refractivity contribution in [2.45, 2.75) is 25.8 Å². The van der Waals surface area contributed by atoms with Crippen molar-refractivity contribution in [2.24, 2.45) is 0 Å². The summed E-state index contributed by atoms with van der Waals surface area (Å²) < 4.78 is 10.2. The van der Waals surface area contributed by atoms with Crippen molar-refractivity contribution in [2.75, 3.05) is 13.7 Å². The average Bonchev–Trinajstić information content (AvgIpc) is 3.47. The van der Waals surface area contributed by atoms with Crippen LogP contribution in [-0.4, -0.2) is 40.4 Å². The molecule has 0 spiro atoms. The molecule has 7 nitrogen and oxygen atoms in total. The van der Waals surface area contributed by atoms with E-state index >= 15 is 0 Å². The van der Waals surface area contributed by atoms with Gasteiger partial charge in [-0.25, -0.2) is 14.8 Å². The third kappa shape index (κ3) is 3.43. The van der Waals surface area contributed by atoms with Crippen LogP contribution in [0.25, 0.3) is 11.5 Å². The zero-order valence-electron chi connectivity index (χ0n) is 15.5. The molecule has 28 heavy (non-hydrogen) atoms. The molecule has 1 amide bonds. The van der Waals surface area contributed by atoms with E-state index in [2.05, 4.69) is 9.97 Å². The number of thiazole rings is 1. The molecule has 3 aromatic rings. The van der Waals surface area contributed by atoms with E-state index in [1.54, 1.807) is 29.5 Å². The molecule has 0 aliphatic carbocycles. The highest BCUT2D eigenvalue weighted by Gasteiger charge is 2.33. The number of hydrogen-bond donors (Lipinski definition) is 0. The van der Waals surface area contributed by atoms with Gasteiger partial charge in [0.05, 0.1) is 24.9 Å². The zero-order valence-corrected chi connectivity index (χ0v) is 16.4. The summed E-state index contributed by atoms with van der Waals surface area (Å²) in [6.45, 7) is 2.60. The lowest BCUT2D eigenvalue weighted by atomic mass is 10.0. The molecule has 1 atom stereocenters. The predicted octanol–water partition coefficient (Wildman–Crippen LogP) is 3.87. The van der Waals surface area contributed by atoms with Crippen molar-refractivity contribution >= 4 is 23.2 Å². The van der Waals surface area contributed by atoms with Gasteiger partial charge in [0.2, 0.25) is 5.89 Å². The maximum atomic E-state index is 13.3. The second kappa shape index (κ2) is 7.55. The Balaban J connectivity index is 1.71. The van der Waals surface area contributed by atoms with Gasteiger partial charge in [-0.05, 0) is 38.0 Å². The molecule has 8 heteroatoms. The standard InChI is InChI=1S/C20H19N3O4S/c1-12-11-28-18(22-12)16-4-3-6-23(16)19(24)14-8-13(17-21-5-7-27-17)9-15(10-14)20(25)26-2/h5,7-11,16H,3-4,6H2,1-2H3/t16-/m1/s1. The Morgan fingerprint density at radius 1 is 1.29 bits per heavy atom. The Bertz CT molecular complexity index is 1010. The molecule has 144 valence electrons. The van der Waals surface area contributed by atoms with Gasteiger partial charge in [0.1, 0.15) is 11.3 Å². The number of carbonyl (C=O) groups is 2. The van der Waals surface area contributed by atoms with E-state index in [1.165, 1.54) is 19.6 Å². The Morgan fingerprint density at radius 2 is 2.11 bits per heavy atom. The van der Waals surface area contributed by atoms with Crippen LogP contribution in [0, 0.1) is 6.92 Å². The van der Waals surface area contributed by atoms with E-state index in [-0.39, 0.29) is 17.5 Å². The first-order valence-electron chi connectivity index (χ1n) is 8.93. The van der Waals surface area contributed by atoms with Crippen LogP contribution < -0.4 is 0 Å². The fourth-order valence-corrected chi connectivity index (χ4v) is 4.38.